The van der Waals surface area contributed by atoms with Gasteiger partial charge in [0.2, 0.25) is 5.95 Å². The second-order valence-electron chi connectivity index (χ2n) is 4.98. The van der Waals surface area contributed by atoms with Crippen molar-refractivity contribution in [2.24, 2.45) is 0 Å². The van der Waals surface area contributed by atoms with Crippen LogP contribution in [0.15, 0.2) is 10.9 Å². The van der Waals surface area contributed by atoms with Crippen molar-refractivity contribution in [3.63, 3.8) is 0 Å². The van der Waals surface area contributed by atoms with Crippen LogP contribution in [0.5, 0.6) is 0 Å². The van der Waals surface area contributed by atoms with E-state index in [9.17, 15) is 4.79 Å². The van der Waals surface area contributed by atoms with Gasteiger partial charge < -0.3 is 10.2 Å². The Morgan fingerprint density at radius 2 is 2.05 bits per heavy atom. The van der Waals surface area contributed by atoms with Gasteiger partial charge >= 0.3 is 0 Å². The number of nitrogens with one attached hydrogen (secondary N) is 2. The highest BCUT2D eigenvalue weighted by molar-refractivity contribution is 5.25. The molecule has 0 bridgehead atoms. The van der Waals surface area contributed by atoms with Crippen LogP contribution < -0.4 is 10.9 Å². The van der Waals surface area contributed by atoms with Crippen molar-refractivity contribution in [2.75, 3.05) is 31.5 Å². The van der Waals surface area contributed by atoms with E-state index in [2.05, 4.69) is 34.0 Å². The fourth-order valence-electron chi connectivity index (χ4n) is 1.91. The molecular weight excluding hydrogens is 240 g/mol. The molecule has 1 heterocycles. The molecule has 1 aromatic rings. The maximum Gasteiger partial charge on any atom is 0.252 e. The lowest BCUT2D eigenvalue weighted by molar-refractivity contribution is 0.303. The molecule has 1 rings (SSSR count). The van der Waals surface area contributed by atoms with Gasteiger partial charge in [0.25, 0.3) is 5.56 Å². The first-order valence-electron chi connectivity index (χ1n) is 7.14. The van der Waals surface area contributed by atoms with Crippen LogP contribution in [0.3, 0.4) is 0 Å². The number of aromatic nitrogens is 2. The molecule has 0 aromatic carbocycles. The van der Waals surface area contributed by atoms with Crippen LogP contribution in [-0.2, 0) is 0 Å². The van der Waals surface area contributed by atoms with Gasteiger partial charge in [0.15, 0.2) is 0 Å². The molecule has 2 N–H and O–H groups in total. The van der Waals surface area contributed by atoms with Crippen LogP contribution in [0, 0.1) is 0 Å². The summed E-state index contributed by atoms with van der Waals surface area (Å²) in [6.45, 7) is 12.4. The summed E-state index contributed by atoms with van der Waals surface area (Å²) in [5.41, 5.74) is 0.736. The quantitative estimate of drug-likeness (QED) is 0.707. The number of hydrogen-bond acceptors (Lipinski definition) is 4. The summed E-state index contributed by atoms with van der Waals surface area (Å²) in [6.07, 6.45) is 1.04. The zero-order chi connectivity index (χ0) is 14.3. The molecule has 0 unspecified atom stereocenters. The molecule has 5 heteroatoms. The number of rotatable bonds is 8. The first-order valence-corrected chi connectivity index (χ1v) is 7.14. The lowest BCUT2D eigenvalue weighted by Crippen LogP contribution is -2.26. The van der Waals surface area contributed by atoms with E-state index < -0.39 is 0 Å². The van der Waals surface area contributed by atoms with Crippen molar-refractivity contribution in [2.45, 2.75) is 40.0 Å². The molecule has 0 aliphatic rings. The van der Waals surface area contributed by atoms with Crippen molar-refractivity contribution in [1.82, 2.24) is 14.9 Å². The van der Waals surface area contributed by atoms with Crippen molar-refractivity contribution in [3.8, 4) is 0 Å². The van der Waals surface area contributed by atoms with Crippen LogP contribution >= 0.6 is 0 Å². The minimum Gasteiger partial charge on any atom is -0.356 e. The average Bonchev–Trinajstić information content (AvgIpc) is 2.38. The second kappa shape index (κ2) is 7.94. The maximum atomic E-state index is 11.5. The molecule has 0 radical (unpaired) electrons. The summed E-state index contributed by atoms with van der Waals surface area (Å²) in [6, 6.07) is 1.56. The average molecular weight is 266 g/mol. The molecular formula is C14H26N4O. The topological polar surface area (TPSA) is 61.0 Å². The molecule has 19 heavy (non-hydrogen) atoms. The van der Waals surface area contributed by atoms with Gasteiger partial charge in [-0.15, -0.1) is 0 Å². The second-order valence-corrected chi connectivity index (χ2v) is 4.98. The van der Waals surface area contributed by atoms with Crippen molar-refractivity contribution >= 4 is 5.95 Å². The summed E-state index contributed by atoms with van der Waals surface area (Å²) in [5, 5.41) is 3.19. The Morgan fingerprint density at radius 3 is 2.63 bits per heavy atom. The van der Waals surface area contributed by atoms with E-state index in [1.165, 1.54) is 0 Å². The van der Waals surface area contributed by atoms with Crippen LogP contribution in [0.4, 0.5) is 5.95 Å². The summed E-state index contributed by atoms with van der Waals surface area (Å²) < 4.78 is 0. The summed E-state index contributed by atoms with van der Waals surface area (Å²) >= 11 is 0. The summed E-state index contributed by atoms with van der Waals surface area (Å²) in [4.78, 5) is 21.0. The zero-order valence-electron chi connectivity index (χ0n) is 12.5. The highest BCUT2D eigenvalue weighted by Gasteiger charge is 2.05. The van der Waals surface area contributed by atoms with Crippen molar-refractivity contribution < 1.29 is 0 Å². The molecule has 108 valence electrons. The summed E-state index contributed by atoms with van der Waals surface area (Å²) in [5.74, 6) is 0.842. The third-order valence-electron chi connectivity index (χ3n) is 3.19. The first kappa shape index (κ1) is 15.7. The van der Waals surface area contributed by atoms with Crippen LogP contribution in [-0.4, -0.2) is 41.0 Å². The van der Waals surface area contributed by atoms with Gasteiger partial charge in [0, 0.05) is 12.6 Å². The largest absolute Gasteiger partial charge is 0.356 e. The maximum absolute atomic E-state index is 11.5. The Bertz CT molecular complexity index is 424. The molecule has 0 amide bonds. The van der Waals surface area contributed by atoms with E-state index in [0.717, 1.165) is 38.3 Å². The lowest BCUT2D eigenvalue weighted by atomic mass is 10.1. The predicted octanol–water partition coefficient (Wildman–Crippen LogP) is 2.04. The first-order chi connectivity index (χ1) is 9.06. The normalized spacial score (nSPS) is 11.3. The third kappa shape index (κ3) is 5.42. The van der Waals surface area contributed by atoms with E-state index in [4.69, 9.17) is 0 Å². The highest BCUT2D eigenvalue weighted by atomic mass is 16.1. The molecule has 1 aromatic heterocycles. The Labute approximate surface area is 115 Å². The minimum absolute atomic E-state index is 0.0926. The molecule has 5 nitrogen and oxygen atoms in total. The van der Waals surface area contributed by atoms with E-state index in [-0.39, 0.29) is 11.5 Å². The van der Waals surface area contributed by atoms with Crippen LogP contribution in [0.2, 0.25) is 0 Å². The fraction of sp³-hybridized carbons (Fsp3) is 0.714. The van der Waals surface area contributed by atoms with E-state index in [1.54, 1.807) is 6.07 Å². The molecule has 0 fully saturated rings. The predicted molar refractivity (Wildman–Crippen MR) is 79.8 cm³/mol. The molecule has 0 aliphatic carbocycles. The Morgan fingerprint density at radius 1 is 1.37 bits per heavy atom. The zero-order valence-corrected chi connectivity index (χ0v) is 12.5. The summed E-state index contributed by atoms with van der Waals surface area (Å²) in [7, 11) is 0. The Balaban J connectivity index is 2.47. The molecule has 0 spiro atoms. The Hall–Kier alpha value is -1.36. The lowest BCUT2D eigenvalue weighted by Gasteiger charge is -2.17. The van der Waals surface area contributed by atoms with Gasteiger partial charge in [-0.2, -0.15) is 0 Å². The SMILES string of the molecule is CCN(CC)CCCNc1nc(C(C)C)cc(=O)[nH]1. The number of anilines is 1. The van der Waals surface area contributed by atoms with Crippen LogP contribution in [0.1, 0.15) is 45.7 Å². The van der Waals surface area contributed by atoms with Gasteiger partial charge in [-0.25, -0.2) is 4.98 Å². The van der Waals surface area contributed by atoms with E-state index >= 15 is 0 Å². The number of H-pyrrole nitrogens is 1. The molecule has 0 saturated heterocycles. The monoisotopic (exact) mass is 266 g/mol. The van der Waals surface area contributed by atoms with E-state index in [0.29, 0.717) is 5.95 Å². The fourth-order valence-corrected chi connectivity index (χ4v) is 1.91. The third-order valence-corrected chi connectivity index (χ3v) is 3.19. The molecule has 0 atom stereocenters. The smallest absolute Gasteiger partial charge is 0.252 e. The number of hydrogen-bond donors (Lipinski definition) is 2. The molecule has 0 saturated carbocycles. The highest BCUT2D eigenvalue weighted by Crippen LogP contribution is 2.09. The van der Waals surface area contributed by atoms with Crippen molar-refractivity contribution in [1.29, 1.82) is 0 Å². The van der Waals surface area contributed by atoms with Gasteiger partial charge in [0.1, 0.15) is 0 Å². The van der Waals surface area contributed by atoms with Gasteiger partial charge in [-0.3, -0.25) is 9.78 Å². The standard InChI is InChI=1S/C14H26N4O/c1-5-18(6-2)9-7-8-15-14-16-12(11(3)4)10-13(19)17-14/h10-11H,5-9H2,1-4H3,(H2,15,16,17,19). The van der Waals surface area contributed by atoms with E-state index in [1.807, 2.05) is 13.8 Å². The van der Waals surface area contributed by atoms with Gasteiger partial charge in [-0.1, -0.05) is 27.7 Å². The minimum atomic E-state index is -0.0926. The number of nitrogens with zero attached hydrogens (tertiary/aromatic N) is 2. The van der Waals surface area contributed by atoms with Gasteiger partial charge in [0.05, 0.1) is 5.69 Å². The van der Waals surface area contributed by atoms with Crippen LogP contribution in [0.25, 0.3) is 0 Å². The Kier molecular flexibility index (Phi) is 6.56. The van der Waals surface area contributed by atoms with Crippen molar-refractivity contribution in [3.05, 3.63) is 22.1 Å². The number of aromatic amines is 1. The molecule has 0 aliphatic heterocycles. The van der Waals surface area contributed by atoms with Gasteiger partial charge in [-0.05, 0) is 32.0 Å².